The molecular weight excluding hydrogens is 432 g/mol. The van der Waals surface area contributed by atoms with Crippen LogP contribution in [0.25, 0.3) is 33.8 Å². The lowest BCUT2D eigenvalue weighted by Crippen LogP contribution is -2.13. The Morgan fingerprint density at radius 3 is 2.59 bits per heavy atom. The van der Waals surface area contributed by atoms with E-state index in [-0.39, 0.29) is 5.91 Å². The minimum Gasteiger partial charge on any atom is -0.497 e. The van der Waals surface area contributed by atoms with Gasteiger partial charge in [-0.05, 0) is 55.0 Å². The molecule has 0 spiro atoms. The summed E-state index contributed by atoms with van der Waals surface area (Å²) in [6.07, 6.45) is 1.69. The van der Waals surface area contributed by atoms with E-state index in [4.69, 9.17) is 13.9 Å². The van der Waals surface area contributed by atoms with Crippen LogP contribution in [0.2, 0.25) is 0 Å². The Morgan fingerprint density at radius 2 is 1.82 bits per heavy atom. The molecule has 2 aromatic heterocycles. The number of rotatable bonds is 6. The third kappa shape index (κ3) is 3.97. The van der Waals surface area contributed by atoms with E-state index in [1.54, 1.807) is 31.5 Å². The number of carbonyl (C=O) groups is 1. The first-order valence-corrected chi connectivity index (χ1v) is 10.6. The van der Waals surface area contributed by atoms with Gasteiger partial charge >= 0.3 is 0 Å². The number of aromatic amines is 1. The zero-order valence-corrected chi connectivity index (χ0v) is 18.9. The van der Waals surface area contributed by atoms with Crippen LogP contribution in [0, 0.1) is 6.92 Å². The molecule has 2 heterocycles. The second kappa shape index (κ2) is 8.74. The first kappa shape index (κ1) is 21.3. The van der Waals surface area contributed by atoms with Gasteiger partial charge in [0.15, 0.2) is 5.58 Å². The number of fused-ring (bicyclic) bond motifs is 1. The summed E-state index contributed by atoms with van der Waals surface area (Å²) in [5, 5.41) is 10.1. The van der Waals surface area contributed by atoms with Gasteiger partial charge in [-0.15, -0.1) is 0 Å². The molecule has 170 valence electrons. The molecular formula is C26H22N4O4. The number of amides is 1. The van der Waals surface area contributed by atoms with Crippen LogP contribution in [0.1, 0.15) is 15.9 Å². The SMILES string of the molecule is COc1ccc(OC)c(C(=O)Nc2ccc(-c3[nH]ncc3-c3nc4ccc(C)cc4o3)cc2)c1. The number of hydrogen-bond acceptors (Lipinski definition) is 6. The van der Waals surface area contributed by atoms with E-state index in [2.05, 4.69) is 20.5 Å². The zero-order chi connectivity index (χ0) is 23.7. The normalized spacial score (nSPS) is 10.9. The van der Waals surface area contributed by atoms with Crippen LogP contribution in [0.5, 0.6) is 11.5 Å². The molecule has 0 saturated heterocycles. The lowest BCUT2D eigenvalue weighted by atomic mass is 10.1. The monoisotopic (exact) mass is 454 g/mol. The zero-order valence-electron chi connectivity index (χ0n) is 18.9. The molecule has 0 bridgehead atoms. The number of hydrogen-bond donors (Lipinski definition) is 2. The maximum absolute atomic E-state index is 12.8. The Kier molecular flexibility index (Phi) is 5.47. The smallest absolute Gasteiger partial charge is 0.259 e. The molecule has 0 radical (unpaired) electrons. The molecule has 0 atom stereocenters. The van der Waals surface area contributed by atoms with Gasteiger partial charge in [-0.2, -0.15) is 5.10 Å². The summed E-state index contributed by atoms with van der Waals surface area (Å²) < 4.78 is 16.5. The highest BCUT2D eigenvalue weighted by Crippen LogP contribution is 2.33. The Morgan fingerprint density at radius 1 is 1.00 bits per heavy atom. The number of H-pyrrole nitrogens is 1. The van der Waals surface area contributed by atoms with Gasteiger partial charge in [0.2, 0.25) is 5.89 Å². The van der Waals surface area contributed by atoms with Crippen molar-refractivity contribution < 1.29 is 18.7 Å². The van der Waals surface area contributed by atoms with Crippen molar-refractivity contribution in [1.82, 2.24) is 15.2 Å². The number of aryl methyl sites for hydroxylation is 1. The molecule has 0 aliphatic heterocycles. The molecule has 1 amide bonds. The summed E-state index contributed by atoms with van der Waals surface area (Å²) in [5.41, 5.74) is 6.05. The highest BCUT2D eigenvalue weighted by molar-refractivity contribution is 6.06. The third-order valence-electron chi connectivity index (χ3n) is 5.50. The summed E-state index contributed by atoms with van der Waals surface area (Å²) in [5.74, 6) is 1.23. The van der Waals surface area contributed by atoms with Gasteiger partial charge in [0.05, 0.1) is 37.2 Å². The number of oxazole rings is 1. The lowest BCUT2D eigenvalue weighted by molar-refractivity contribution is 0.102. The first-order chi connectivity index (χ1) is 16.6. The molecule has 34 heavy (non-hydrogen) atoms. The first-order valence-electron chi connectivity index (χ1n) is 10.6. The van der Waals surface area contributed by atoms with Crippen molar-refractivity contribution in [1.29, 1.82) is 0 Å². The summed E-state index contributed by atoms with van der Waals surface area (Å²) >= 11 is 0. The molecule has 0 saturated carbocycles. The van der Waals surface area contributed by atoms with Crippen molar-refractivity contribution in [3.63, 3.8) is 0 Å². The Hall–Kier alpha value is -4.59. The van der Waals surface area contributed by atoms with Crippen molar-refractivity contribution >= 4 is 22.7 Å². The Balaban J connectivity index is 1.39. The molecule has 0 unspecified atom stereocenters. The van der Waals surface area contributed by atoms with Gasteiger partial charge in [0, 0.05) is 11.3 Å². The maximum Gasteiger partial charge on any atom is 0.259 e. The summed E-state index contributed by atoms with van der Waals surface area (Å²) in [7, 11) is 3.07. The molecule has 5 aromatic rings. The van der Waals surface area contributed by atoms with Crippen LogP contribution in [0.3, 0.4) is 0 Å². The summed E-state index contributed by atoms with van der Waals surface area (Å²) in [6.45, 7) is 2.01. The molecule has 3 aromatic carbocycles. The quantitative estimate of drug-likeness (QED) is 0.353. The van der Waals surface area contributed by atoms with E-state index in [9.17, 15) is 4.79 Å². The van der Waals surface area contributed by atoms with Gasteiger partial charge in [-0.1, -0.05) is 18.2 Å². The van der Waals surface area contributed by atoms with Crippen LogP contribution >= 0.6 is 0 Å². The fourth-order valence-electron chi connectivity index (χ4n) is 3.73. The maximum atomic E-state index is 12.8. The second-order valence-corrected chi connectivity index (χ2v) is 7.75. The number of ether oxygens (including phenoxy) is 2. The second-order valence-electron chi connectivity index (χ2n) is 7.75. The van der Waals surface area contributed by atoms with E-state index in [1.165, 1.54) is 7.11 Å². The van der Waals surface area contributed by atoms with Crippen LogP contribution in [0.15, 0.2) is 71.3 Å². The standard InChI is InChI=1S/C26H22N4O4/c1-15-4-10-21-23(12-15)34-26(29-21)20-14-27-30-24(20)16-5-7-17(8-6-16)28-25(31)19-13-18(32-2)9-11-22(19)33-3/h4-14H,1-3H3,(H,27,30)(H,28,31). The van der Waals surface area contributed by atoms with Gasteiger partial charge < -0.3 is 19.2 Å². The van der Waals surface area contributed by atoms with Gasteiger partial charge in [-0.3, -0.25) is 9.89 Å². The van der Waals surface area contributed by atoms with E-state index >= 15 is 0 Å². The Bertz CT molecular complexity index is 1480. The fourth-order valence-corrected chi connectivity index (χ4v) is 3.73. The van der Waals surface area contributed by atoms with E-state index < -0.39 is 0 Å². The van der Waals surface area contributed by atoms with E-state index in [0.717, 1.165) is 33.5 Å². The third-order valence-corrected chi connectivity index (χ3v) is 5.50. The number of anilines is 1. The fraction of sp³-hybridized carbons (Fsp3) is 0.115. The molecule has 5 rings (SSSR count). The summed E-state index contributed by atoms with van der Waals surface area (Å²) in [6, 6.07) is 18.4. The number of aromatic nitrogens is 3. The average Bonchev–Trinajstić information content (AvgIpc) is 3.50. The topological polar surface area (TPSA) is 102 Å². The number of benzene rings is 3. The number of carbonyl (C=O) groups excluding carboxylic acids is 1. The predicted octanol–water partition coefficient (Wildman–Crippen LogP) is 5.46. The minimum absolute atomic E-state index is 0.299. The van der Waals surface area contributed by atoms with Crippen LogP contribution in [-0.4, -0.2) is 35.3 Å². The number of nitrogens with one attached hydrogen (secondary N) is 2. The molecule has 8 nitrogen and oxygen atoms in total. The number of methoxy groups -OCH3 is 2. The predicted molar refractivity (Wildman–Crippen MR) is 129 cm³/mol. The van der Waals surface area contributed by atoms with Crippen LogP contribution in [0.4, 0.5) is 5.69 Å². The largest absolute Gasteiger partial charge is 0.497 e. The van der Waals surface area contributed by atoms with Gasteiger partial charge in [0.1, 0.15) is 17.0 Å². The van der Waals surface area contributed by atoms with Crippen LogP contribution in [-0.2, 0) is 0 Å². The lowest BCUT2D eigenvalue weighted by Gasteiger charge is -2.11. The molecule has 8 heteroatoms. The van der Waals surface area contributed by atoms with Crippen molar-refractivity contribution in [2.75, 3.05) is 19.5 Å². The van der Waals surface area contributed by atoms with Crippen LogP contribution < -0.4 is 14.8 Å². The highest BCUT2D eigenvalue weighted by Gasteiger charge is 2.17. The highest BCUT2D eigenvalue weighted by atomic mass is 16.5. The summed E-state index contributed by atoms with van der Waals surface area (Å²) in [4.78, 5) is 17.4. The van der Waals surface area contributed by atoms with Gasteiger partial charge in [0.25, 0.3) is 5.91 Å². The average molecular weight is 454 g/mol. The van der Waals surface area contributed by atoms with Gasteiger partial charge in [-0.25, -0.2) is 4.98 Å². The van der Waals surface area contributed by atoms with Crippen molar-refractivity contribution in [3.8, 4) is 34.2 Å². The molecule has 2 N–H and O–H groups in total. The van der Waals surface area contributed by atoms with Crippen molar-refractivity contribution in [2.24, 2.45) is 0 Å². The minimum atomic E-state index is -0.299. The van der Waals surface area contributed by atoms with E-state index in [1.807, 2.05) is 49.4 Å². The van der Waals surface area contributed by atoms with Crippen molar-refractivity contribution in [3.05, 3.63) is 78.0 Å². The molecule has 0 aliphatic carbocycles. The number of nitrogens with zero attached hydrogens (tertiary/aromatic N) is 2. The Labute approximate surface area is 195 Å². The molecule has 0 fully saturated rings. The van der Waals surface area contributed by atoms with Crippen molar-refractivity contribution in [2.45, 2.75) is 6.92 Å². The molecule has 0 aliphatic rings. The van der Waals surface area contributed by atoms with E-state index in [0.29, 0.717) is 28.6 Å².